The minimum absolute atomic E-state index is 0.0647. The van der Waals surface area contributed by atoms with Gasteiger partial charge in [0, 0.05) is 25.9 Å². The van der Waals surface area contributed by atoms with E-state index in [1.165, 1.54) is 77.0 Å². The molecule has 1 aliphatic rings. The number of carbonyl (C=O) groups is 5. The van der Waals surface area contributed by atoms with E-state index in [0.29, 0.717) is 38.1 Å². The van der Waals surface area contributed by atoms with Crippen LogP contribution >= 0.6 is 0 Å². The van der Waals surface area contributed by atoms with Crippen molar-refractivity contribution in [3.8, 4) is 0 Å². The van der Waals surface area contributed by atoms with Gasteiger partial charge in [-0.3, -0.25) is 24.0 Å². The molecule has 1 fully saturated rings. The molecule has 1 aliphatic carbocycles. The van der Waals surface area contributed by atoms with Crippen LogP contribution < -0.4 is 0 Å². The SMILES string of the molecule is CCCCCCCCC(CCCCCC)C(=O)OCCCCC(=O)OC[C@H](COC(=O)CCN(C)CC1CC1)OC(=O)CCCCOC(=O)C(CCCCCC)CCCCCCCC. The van der Waals surface area contributed by atoms with E-state index >= 15 is 0 Å². The van der Waals surface area contributed by atoms with Crippen molar-refractivity contribution in [1.82, 2.24) is 4.90 Å². The number of unbranched alkanes of at least 4 members (excludes halogenated alkanes) is 18. The molecule has 0 aromatic heterocycles. The van der Waals surface area contributed by atoms with E-state index in [1.54, 1.807) is 0 Å². The second kappa shape index (κ2) is 41.7. The third kappa shape index (κ3) is 35.6. The van der Waals surface area contributed by atoms with Crippen molar-refractivity contribution in [2.75, 3.05) is 46.6 Å². The number of ether oxygens (including phenoxy) is 5. The maximum atomic E-state index is 13.0. The van der Waals surface area contributed by atoms with Crippen LogP contribution in [-0.2, 0) is 47.7 Å². The average Bonchev–Trinajstić information content (AvgIpc) is 4.11. The number of rotatable bonds is 46. The molecule has 374 valence electrons. The van der Waals surface area contributed by atoms with Gasteiger partial charge in [0.25, 0.3) is 0 Å². The summed E-state index contributed by atoms with van der Waals surface area (Å²) in [6.45, 7) is 10.4. The largest absolute Gasteiger partial charge is 0.465 e. The fraction of sp³-hybridized carbons (Fsp3) is 0.906. The van der Waals surface area contributed by atoms with Gasteiger partial charge in [0.15, 0.2) is 6.10 Å². The molecule has 0 saturated heterocycles. The number of hydrogen-bond acceptors (Lipinski definition) is 11. The maximum absolute atomic E-state index is 13.0. The third-order valence-corrected chi connectivity index (χ3v) is 12.5. The molecular formula is C53H97NO10. The Hall–Kier alpha value is -2.69. The van der Waals surface area contributed by atoms with Gasteiger partial charge in [0.1, 0.15) is 13.2 Å². The van der Waals surface area contributed by atoms with Crippen molar-refractivity contribution in [3.05, 3.63) is 0 Å². The molecule has 11 heteroatoms. The summed E-state index contributed by atoms with van der Waals surface area (Å²) < 4.78 is 28.0. The molecule has 0 bridgehead atoms. The number of esters is 5. The Bertz CT molecular complexity index is 1180. The molecule has 0 aromatic rings. The number of nitrogens with zero attached hydrogens (tertiary/aromatic N) is 1. The van der Waals surface area contributed by atoms with Gasteiger partial charge in [0.05, 0.1) is 31.5 Å². The van der Waals surface area contributed by atoms with E-state index in [9.17, 15) is 24.0 Å². The molecule has 0 heterocycles. The minimum atomic E-state index is -0.945. The van der Waals surface area contributed by atoms with Crippen molar-refractivity contribution >= 4 is 29.8 Å². The van der Waals surface area contributed by atoms with Gasteiger partial charge in [-0.2, -0.15) is 0 Å². The molecule has 0 aliphatic heterocycles. The molecular weight excluding hydrogens is 811 g/mol. The second-order valence-corrected chi connectivity index (χ2v) is 18.9. The normalized spacial score (nSPS) is 13.9. The van der Waals surface area contributed by atoms with E-state index in [4.69, 9.17) is 23.7 Å². The van der Waals surface area contributed by atoms with E-state index in [0.717, 1.165) is 96.4 Å². The van der Waals surface area contributed by atoms with Crippen molar-refractivity contribution in [3.63, 3.8) is 0 Å². The second-order valence-electron chi connectivity index (χ2n) is 18.9. The van der Waals surface area contributed by atoms with Crippen LogP contribution in [0.5, 0.6) is 0 Å². The highest BCUT2D eigenvalue weighted by Gasteiger charge is 2.25. The lowest BCUT2D eigenvalue weighted by atomic mass is 9.94. The fourth-order valence-electron chi connectivity index (χ4n) is 8.05. The molecule has 0 spiro atoms. The van der Waals surface area contributed by atoms with Crippen LogP contribution in [0.3, 0.4) is 0 Å². The van der Waals surface area contributed by atoms with Crippen LogP contribution in [0, 0.1) is 17.8 Å². The third-order valence-electron chi connectivity index (χ3n) is 12.5. The van der Waals surface area contributed by atoms with Gasteiger partial charge in [-0.05, 0) is 77.2 Å². The highest BCUT2D eigenvalue weighted by atomic mass is 16.6. The molecule has 0 N–H and O–H groups in total. The van der Waals surface area contributed by atoms with Gasteiger partial charge in [-0.1, -0.05) is 156 Å². The Morgan fingerprint density at radius 1 is 0.453 bits per heavy atom. The summed E-state index contributed by atoms with van der Waals surface area (Å²) in [6.07, 6.45) is 30.8. The van der Waals surface area contributed by atoms with Crippen LogP contribution in [0.1, 0.15) is 240 Å². The molecule has 11 nitrogen and oxygen atoms in total. The Morgan fingerprint density at radius 3 is 1.25 bits per heavy atom. The molecule has 3 atom stereocenters. The van der Waals surface area contributed by atoms with Crippen LogP contribution in [0.2, 0.25) is 0 Å². The Balaban J connectivity index is 2.57. The molecule has 0 radical (unpaired) electrons. The summed E-state index contributed by atoms with van der Waals surface area (Å²) in [6, 6.07) is 0. The number of hydrogen-bond donors (Lipinski definition) is 0. The predicted molar refractivity (Wildman–Crippen MR) is 257 cm³/mol. The van der Waals surface area contributed by atoms with Crippen LogP contribution in [0.15, 0.2) is 0 Å². The fourth-order valence-corrected chi connectivity index (χ4v) is 8.05. The summed E-state index contributed by atoms with van der Waals surface area (Å²) in [5.74, 6) is -1.03. The lowest BCUT2D eigenvalue weighted by Gasteiger charge is -2.19. The summed E-state index contributed by atoms with van der Waals surface area (Å²) >= 11 is 0. The van der Waals surface area contributed by atoms with Gasteiger partial charge in [0.2, 0.25) is 0 Å². The quantitative estimate of drug-likeness (QED) is 0.0328. The summed E-state index contributed by atoms with van der Waals surface area (Å²) in [7, 11) is 1.99. The highest BCUT2D eigenvalue weighted by molar-refractivity contribution is 5.73. The van der Waals surface area contributed by atoms with Gasteiger partial charge in [-0.25, -0.2) is 0 Å². The van der Waals surface area contributed by atoms with Crippen LogP contribution in [0.4, 0.5) is 0 Å². The van der Waals surface area contributed by atoms with Crippen molar-refractivity contribution in [2.45, 2.75) is 246 Å². The van der Waals surface area contributed by atoms with Crippen molar-refractivity contribution < 1.29 is 47.7 Å². The molecule has 64 heavy (non-hydrogen) atoms. The maximum Gasteiger partial charge on any atom is 0.308 e. The summed E-state index contributed by atoms with van der Waals surface area (Å²) in [5, 5.41) is 0. The first-order chi connectivity index (χ1) is 31.1. The smallest absolute Gasteiger partial charge is 0.308 e. The first kappa shape index (κ1) is 59.3. The van der Waals surface area contributed by atoms with Gasteiger partial charge >= 0.3 is 29.8 Å². The highest BCUT2D eigenvalue weighted by Crippen LogP contribution is 2.29. The van der Waals surface area contributed by atoms with E-state index in [2.05, 4.69) is 32.6 Å². The Morgan fingerprint density at radius 2 is 0.828 bits per heavy atom. The zero-order valence-corrected chi connectivity index (χ0v) is 41.9. The number of carbonyl (C=O) groups excluding carboxylic acids is 5. The lowest BCUT2D eigenvalue weighted by molar-refractivity contribution is -0.167. The minimum Gasteiger partial charge on any atom is -0.465 e. The first-order valence-corrected chi connectivity index (χ1v) is 26.7. The molecule has 0 amide bonds. The molecule has 1 rings (SSSR count). The zero-order chi connectivity index (χ0) is 46.9. The van der Waals surface area contributed by atoms with Crippen LogP contribution in [-0.4, -0.2) is 87.4 Å². The van der Waals surface area contributed by atoms with Crippen molar-refractivity contribution in [2.24, 2.45) is 17.8 Å². The lowest BCUT2D eigenvalue weighted by Crippen LogP contribution is -2.31. The zero-order valence-electron chi connectivity index (χ0n) is 41.9. The standard InChI is InChI=1S/C53H97NO10/c1-6-10-14-18-20-24-32-46(30-22-16-12-8-3)52(58)60-40-28-26-34-49(55)62-43-48(44-63-50(56)38-39-54(5)42-45-36-37-45)64-51(57)35-27-29-41-61-53(59)47(31-23-17-13-9-4)33-25-21-19-15-11-7-2/h45-48H,6-44H2,1-5H3/t46?,47?,48-/m1/s1. The van der Waals surface area contributed by atoms with E-state index in [-0.39, 0.29) is 69.5 Å². The van der Waals surface area contributed by atoms with Crippen molar-refractivity contribution in [1.29, 1.82) is 0 Å². The molecule has 2 unspecified atom stereocenters. The monoisotopic (exact) mass is 908 g/mol. The van der Waals surface area contributed by atoms with Crippen LogP contribution in [0.25, 0.3) is 0 Å². The Kier molecular flexibility index (Phi) is 38.7. The first-order valence-electron chi connectivity index (χ1n) is 26.7. The van der Waals surface area contributed by atoms with E-state index in [1.807, 2.05) is 7.05 Å². The van der Waals surface area contributed by atoms with E-state index < -0.39 is 24.0 Å². The molecule has 0 aromatic carbocycles. The summed E-state index contributed by atoms with van der Waals surface area (Å²) in [4.78, 5) is 66.5. The topological polar surface area (TPSA) is 135 Å². The van der Waals surface area contributed by atoms with Gasteiger partial charge < -0.3 is 28.6 Å². The van der Waals surface area contributed by atoms with Gasteiger partial charge in [-0.15, -0.1) is 0 Å². The molecule has 1 saturated carbocycles. The summed E-state index contributed by atoms with van der Waals surface area (Å²) in [5.41, 5.74) is 0. The average molecular weight is 908 g/mol. The predicted octanol–water partition coefficient (Wildman–Crippen LogP) is 12.8. The Labute approximate surface area is 391 Å².